The standard InChI is InChI=1S/C15H45Si7/c1-16(21(14,17(2,3)4)18(5,6)7)22(15,19(8,9)10)20(11,12)13/h1-15H3. The Morgan fingerprint density at radius 1 is 0.364 bits per heavy atom. The van der Waals surface area contributed by atoms with E-state index >= 15 is 0 Å². The molecule has 133 valence electrons. The van der Waals surface area contributed by atoms with Gasteiger partial charge in [-0.3, -0.25) is 0 Å². The first kappa shape index (κ1) is 23.5. The number of rotatable bonds is 6. The minimum Gasteiger partial charge on any atom is -0.0758 e. The van der Waals surface area contributed by atoms with Crippen molar-refractivity contribution in [2.24, 2.45) is 0 Å². The Labute approximate surface area is 149 Å². The van der Waals surface area contributed by atoms with E-state index in [4.69, 9.17) is 0 Å². The van der Waals surface area contributed by atoms with Gasteiger partial charge in [0.1, 0.15) is 0 Å². The molecule has 0 saturated heterocycles. The number of hydrogen-bond donors (Lipinski definition) is 0. The fourth-order valence-corrected chi connectivity index (χ4v) is 216. The first-order valence-electron chi connectivity index (χ1n) is 9.00. The smallest absolute Gasteiger partial charge is 0.0329 e. The van der Waals surface area contributed by atoms with Crippen molar-refractivity contribution in [1.29, 1.82) is 0 Å². The molecule has 0 fully saturated rings. The summed E-state index contributed by atoms with van der Waals surface area (Å²) in [4.78, 5) is 0. The van der Waals surface area contributed by atoms with Crippen LogP contribution in [0, 0.1) is 0 Å². The molecule has 0 nitrogen and oxygen atoms in total. The molecule has 0 atom stereocenters. The molecule has 0 heterocycles. The third-order valence-electron chi connectivity index (χ3n) is 7.50. The zero-order chi connectivity index (χ0) is 18.6. The van der Waals surface area contributed by atoms with Crippen LogP contribution in [-0.2, 0) is 0 Å². The van der Waals surface area contributed by atoms with Gasteiger partial charge in [0.2, 0.25) is 0 Å². The Bertz CT molecular complexity index is 324. The van der Waals surface area contributed by atoms with Crippen molar-refractivity contribution in [3.8, 4) is 0 Å². The number of hydrogen-bond acceptors (Lipinski definition) is 0. The molecule has 0 aromatic heterocycles. The van der Waals surface area contributed by atoms with Crippen LogP contribution in [-0.4, -0.2) is 51.5 Å². The normalized spacial score (nSPS) is 16.4. The average molecular weight is 422 g/mol. The molecular formula is C15H45Si7. The maximum Gasteiger partial charge on any atom is 0.0329 e. The third-order valence-corrected chi connectivity index (χ3v) is 153. The van der Waals surface area contributed by atoms with Crippen LogP contribution in [0.25, 0.3) is 0 Å². The molecule has 0 amide bonds. The van der Waals surface area contributed by atoms with E-state index in [1.165, 1.54) is 0 Å². The summed E-state index contributed by atoms with van der Waals surface area (Å²) in [7, 11) is -4.38. The van der Waals surface area contributed by atoms with Crippen LogP contribution in [0.1, 0.15) is 0 Å². The minimum absolute atomic E-state index is 0.168. The zero-order valence-corrected chi connectivity index (χ0v) is 25.5. The third kappa shape index (κ3) is 3.69. The second kappa shape index (κ2) is 6.35. The van der Waals surface area contributed by atoms with Gasteiger partial charge in [-0.1, -0.05) is 98.2 Å². The van der Waals surface area contributed by atoms with Gasteiger partial charge in [-0.2, -0.15) is 0 Å². The monoisotopic (exact) mass is 421 g/mol. The van der Waals surface area contributed by atoms with E-state index in [0.29, 0.717) is 0 Å². The second-order valence-electron chi connectivity index (χ2n) is 11.9. The first-order valence-corrected chi connectivity index (χ1v) is 36.0. The van der Waals surface area contributed by atoms with Crippen molar-refractivity contribution in [2.75, 3.05) is 0 Å². The Morgan fingerprint density at radius 3 is 0.591 bits per heavy atom. The fourth-order valence-electron chi connectivity index (χ4n) is 5.00. The summed E-state index contributed by atoms with van der Waals surface area (Å²) < 4.78 is 0. The quantitative estimate of drug-likeness (QED) is 0.455. The zero-order valence-electron chi connectivity index (χ0n) is 18.5. The van der Waals surface area contributed by atoms with Gasteiger partial charge >= 0.3 is 0 Å². The molecule has 7 heteroatoms. The van der Waals surface area contributed by atoms with E-state index in [9.17, 15) is 0 Å². The fraction of sp³-hybridized carbons (Fsp3) is 1.00. The molecule has 0 aliphatic heterocycles. The molecule has 0 bridgehead atoms. The Hall–Kier alpha value is 1.52. The van der Waals surface area contributed by atoms with Gasteiger partial charge in [-0.25, -0.2) is 0 Å². The van der Waals surface area contributed by atoms with Crippen molar-refractivity contribution >= 4 is 51.5 Å². The molecule has 0 saturated carbocycles. The van der Waals surface area contributed by atoms with Gasteiger partial charge in [0.25, 0.3) is 0 Å². The summed E-state index contributed by atoms with van der Waals surface area (Å²) in [5.74, 6) is 0. The van der Waals surface area contributed by atoms with Crippen LogP contribution in [0.5, 0.6) is 0 Å². The highest BCUT2D eigenvalue weighted by molar-refractivity contribution is 8.05. The predicted molar refractivity (Wildman–Crippen MR) is 128 cm³/mol. The maximum absolute atomic E-state index is 2.92. The van der Waals surface area contributed by atoms with Gasteiger partial charge in [0, 0.05) is 51.5 Å². The summed E-state index contributed by atoms with van der Waals surface area (Å²) in [5.41, 5.74) is 0. The van der Waals surface area contributed by atoms with Gasteiger partial charge in [0.15, 0.2) is 0 Å². The molecule has 1 radical (unpaired) electrons. The molecule has 22 heavy (non-hydrogen) atoms. The lowest BCUT2D eigenvalue weighted by molar-refractivity contribution is 1.74. The van der Waals surface area contributed by atoms with Crippen LogP contribution in [0.2, 0.25) is 98.2 Å². The summed E-state index contributed by atoms with van der Waals surface area (Å²) in [6.07, 6.45) is 0. The van der Waals surface area contributed by atoms with Crippen molar-refractivity contribution in [2.45, 2.75) is 98.2 Å². The molecule has 0 rings (SSSR count). The summed E-state index contributed by atoms with van der Waals surface area (Å²) >= 11 is 0. The van der Waals surface area contributed by atoms with Crippen molar-refractivity contribution < 1.29 is 0 Å². The lowest BCUT2D eigenvalue weighted by Gasteiger charge is -2.61. The average Bonchev–Trinajstić information content (AvgIpc) is 2.19. The van der Waals surface area contributed by atoms with E-state index in [1.807, 2.05) is 0 Å². The topological polar surface area (TPSA) is 0 Å². The minimum atomic E-state index is -1.10. The van der Waals surface area contributed by atoms with Crippen LogP contribution in [0.3, 0.4) is 0 Å². The summed E-state index contributed by atoms with van der Waals surface area (Å²) in [6.45, 7) is 39.5. The highest BCUT2D eigenvalue weighted by Crippen LogP contribution is 2.40. The molecule has 0 aromatic carbocycles. The van der Waals surface area contributed by atoms with E-state index in [1.54, 1.807) is 0 Å². The van der Waals surface area contributed by atoms with Crippen LogP contribution in [0.4, 0.5) is 0 Å². The van der Waals surface area contributed by atoms with E-state index in [2.05, 4.69) is 98.2 Å². The molecule has 0 N–H and O–H groups in total. The predicted octanol–water partition coefficient (Wildman–Crippen LogP) is 6.09. The molecule has 0 unspecified atom stereocenters. The van der Waals surface area contributed by atoms with E-state index in [-0.39, 0.29) is 7.83 Å². The Kier molecular flexibility index (Phi) is 6.79. The van der Waals surface area contributed by atoms with Gasteiger partial charge in [-0.05, 0) is 0 Å². The van der Waals surface area contributed by atoms with Gasteiger partial charge < -0.3 is 0 Å². The van der Waals surface area contributed by atoms with Gasteiger partial charge in [0.05, 0.1) is 0 Å². The molecule has 0 aliphatic carbocycles. The first-order chi connectivity index (χ1) is 9.15. The highest BCUT2D eigenvalue weighted by Gasteiger charge is 2.65. The Morgan fingerprint density at radius 2 is 0.500 bits per heavy atom. The lowest BCUT2D eigenvalue weighted by atomic mass is 11.8. The molecule has 0 aliphatic rings. The van der Waals surface area contributed by atoms with Crippen molar-refractivity contribution in [3.05, 3.63) is 0 Å². The summed E-state index contributed by atoms with van der Waals surface area (Å²) in [6, 6.07) is 0. The molecular weight excluding hydrogens is 377 g/mol. The van der Waals surface area contributed by atoms with Crippen molar-refractivity contribution in [1.82, 2.24) is 0 Å². The van der Waals surface area contributed by atoms with Crippen LogP contribution >= 0.6 is 0 Å². The van der Waals surface area contributed by atoms with Gasteiger partial charge in [-0.15, -0.1) is 0 Å². The Balaban J connectivity index is 6.54. The highest BCUT2D eigenvalue weighted by atomic mass is 30.2. The van der Waals surface area contributed by atoms with Crippen LogP contribution < -0.4 is 0 Å². The SMILES string of the molecule is C[Si]([Si](C)([Si](C)(C)C)[Si](C)(C)C)[Si](C)([Si](C)(C)C)[Si](C)(C)C. The molecule has 0 spiro atoms. The summed E-state index contributed by atoms with van der Waals surface area (Å²) in [5, 5.41) is 0. The molecule has 0 aromatic rings. The van der Waals surface area contributed by atoms with E-state index in [0.717, 1.165) is 0 Å². The largest absolute Gasteiger partial charge is 0.0758 e. The maximum atomic E-state index is 2.92. The van der Waals surface area contributed by atoms with Crippen molar-refractivity contribution in [3.63, 3.8) is 0 Å². The lowest BCUT2D eigenvalue weighted by Crippen LogP contribution is -2.90. The second-order valence-corrected chi connectivity index (χ2v) is 86.6. The van der Waals surface area contributed by atoms with Crippen LogP contribution in [0.15, 0.2) is 0 Å². The van der Waals surface area contributed by atoms with E-state index < -0.39 is 43.6 Å².